The molecule has 0 radical (unpaired) electrons. The van der Waals surface area contributed by atoms with Gasteiger partial charge in [0.25, 0.3) is 5.91 Å². The lowest BCUT2D eigenvalue weighted by molar-refractivity contribution is -0.122. The van der Waals surface area contributed by atoms with Crippen LogP contribution in [0.2, 0.25) is 0 Å². The number of nitrogens with two attached hydrogens (primary N) is 2. The van der Waals surface area contributed by atoms with Crippen molar-refractivity contribution in [2.24, 2.45) is 5.73 Å². The van der Waals surface area contributed by atoms with Gasteiger partial charge in [0.1, 0.15) is 5.75 Å². The number of hydrogen-bond donors (Lipinski definition) is 3. The summed E-state index contributed by atoms with van der Waals surface area (Å²) < 4.78 is 5.33. The van der Waals surface area contributed by atoms with Gasteiger partial charge in [-0.3, -0.25) is 9.59 Å². The summed E-state index contributed by atoms with van der Waals surface area (Å²) in [6.45, 7) is 0. The first-order chi connectivity index (χ1) is 10.4. The Morgan fingerprint density at radius 3 is 2.59 bits per heavy atom. The molecule has 0 saturated carbocycles. The van der Waals surface area contributed by atoms with Crippen LogP contribution in [0.4, 0.5) is 5.69 Å². The second-order valence-corrected chi connectivity index (χ2v) is 5.07. The van der Waals surface area contributed by atoms with E-state index in [0.29, 0.717) is 22.6 Å². The van der Waals surface area contributed by atoms with Crippen molar-refractivity contribution in [3.8, 4) is 5.75 Å². The summed E-state index contributed by atoms with van der Waals surface area (Å²) in [5.41, 5.74) is 12.0. The quantitative estimate of drug-likeness (QED) is 0.709. The van der Waals surface area contributed by atoms with E-state index in [4.69, 9.17) is 16.2 Å². The van der Waals surface area contributed by atoms with Gasteiger partial charge in [0.15, 0.2) is 0 Å². The maximum absolute atomic E-state index is 12.1. The average molecular weight is 301 g/mol. The van der Waals surface area contributed by atoms with Gasteiger partial charge in [-0.1, -0.05) is 18.2 Å². The van der Waals surface area contributed by atoms with Crippen LogP contribution in [0.3, 0.4) is 0 Å². The highest BCUT2D eigenvalue weighted by Gasteiger charge is 2.39. The van der Waals surface area contributed by atoms with Crippen LogP contribution in [0.1, 0.15) is 12.0 Å². The zero-order valence-corrected chi connectivity index (χ0v) is 12.6. The number of primary amides is 1. The summed E-state index contributed by atoms with van der Waals surface area (Å²) in [4.78, 5) is 23.8. The summed E-state index contributed by atoms with van der Waals surface area (Å²) in [5, 5.41) is 2.54. The largest absolute Gasteiger partial charge is 0.496 e. The van der Waals surface area contributed by atoms with Gasteiger partial charge < -0.3 is 21.5 Å². The van der Waals surface area contributed by atoms with E-state index in [1.807, 2.05) is 0 Å². The molecule has 22 heavy (non-hydrogen) atoms. The topological polar surface area (TPSA) is 107 Å². The number of rotatable bonds is 4. The molecule has 1 aliphatic carbocycles. The molecular formula is C16H19N3O3. The molecule has 2 rings (SSSR count). The van der Waals surface area contributed by atoms with Gasteiger partial charge in [0.05, 0.1) is 12.5 Å². The minimum atomic E-state index is -1.09. The van der Waals surface area contributed by atoms with Crippen molar-refractivity contribution in [1.82, 2.24) is 5.32 Å². The van der Waals surface area contributed by atoms with Crippen molar-refractivity contribution < 1.29 is 14.3 Å². The number of likely N-dealkylation sites (N-methyl/N-ethyl adjacent to an activating group) is 1. The van der Waals surface area contributed by atoms with E-state index in [0.717, 1.165) is 0 Å². The van der Waals surface area contributed by atoms with Gasteiger partial charge in [-0.25, -0.2) is 0 Å². The first kappa shape index (κ1) is 15.6. The standard InChI is InChI=1S/C16H19N3O3/c1-19-14(20)10-5-7-16(8-6-10,15(18)21)12-9-11(17)3-4-13(12)22-2/h3-7,9H,8,17H2,1-2H3,(H2,18,21)(H,19,20). The van der Waals surface area contributed by atoms with Crippen molar-refractivity contribution in [2.45, 2.75) is 11.8 Å². The Kier molecular flexibility index (Phi) is 4.21. The number of ether oxygens (including phenoxy) is 1. The number of allylic oxidation sites excluding steroid dienone is 1. The van der Waals surface area contributed by atoms with Gasteiger partial charge in [0, 0.05) is 23.9 Å². The predicted octanol–water partition coefficient (Wildman–Crippen LogP) is 0.633. The number of benzene rings is 1. The van der Waals surface area contributed by atoms with Gasteiger partial charge in [-0.2, -0.15) is 0 Å². The number of methoxy groups -OCH3 is 1. The monoisotopic (exact) mass is 301 g/mol. The summed E-state index contributed by atoms with van der Waals surface area (Å²) in [7, 11) is 3.07. The van der Waals surface area contributed by atoms with E-state index < -0.39 is 11.3 Å². The van der Waals surface area contributed by atoms with Crippen molar-refractivity contribution >= 4 is 17.5 Å². The number of carbonyl (C=O) groups is 2. The first-order valence-electron chi connectivity index (χ1n) is 6.80. The molecule has 0 bridgehead atoms. The number of nitrogen functional groups attached to an aromatic ring is 1. The van der Waals surface area contributed by atoms with E-state index >= 15 is 0 Å². The van der Waals surface area contributed by atoms with Crippen molar-refractivity contribution in [3.63, 3.8) is 0 Å². The molecule has 6 heteroatoms. The Bertz CT molecular complexity index is 679. The van der Waals surface area contributed by atoms with Crippen LogP contribution < -0.4 is 21.5 Å². The smallest absolute Gasteiger partial charge is 0.250 e. The molecule has 116 valence electrons. The molecule has 1 aromatic rings. The Morgan fingerprint density at radius 1 is 1.36 bits per heavy atom. The Morgan fingerprint density at radius 2 is 2.09 bits per heavy atom. The molecule has 1 aliphatic rings. The Balaban J connectivity index is 2.52. The van der Waals surface area contributed by atoms with Crippen molar-refractivity contribution in [1.29, 1.82) is 0 Å². The lowest BCUT2D eigenvalue weighted by Crippen LogP contribution is -2.41. The number of carbonyl (C=O) groups excluding carboxylic acids is 2. The van der Waals surface area contributed by atoms with Gasteiger partial charge in [0.2, 0.25) is 5.91 Å². The Labute approximate surface area is 128 Å². The third-order valence-electron chi connectivity index (χ3n) is 3.82. The third kappa shape index (κ3) is 2.55. The zero-order valence-electron chi connectivity index (χ0n) is 12.6. The molecule has 5 N–H and O–H groups in total. The SMILES string of the molecule is CNC(=O)C1=CCC(C(N)=O)(c2cc(N)ccc2OC)C=C1. The van der Waals surface area contributed by atoms with Crippen LogP contribution in [0.15, 0.2) is 42.0 Å². The molecule has 1 unspecified atom stereocenters. The summed E-state index contributed by atoms with van der Waals surface area (Å²) >= 11 is 0. The molecule has 1 aromatic carbocycles. The highest BCUT2D eigenvalue weighted by atomic mass is 16.5. The molecule has 0 heterocycles. The van der Waals surface area contributed by atoms with Crippen LogP contribution in [-0.4, -0.2) is 26.0 Å². The molecular weight excluding hydrogens is 282 g/mol. The minimum Gasteiger partial charge on any atom is -0.496 e. The minimum absolute atomic E-state index is 0.214. The predicted molar refractivity (Wildman–Crippen MR) is 84.2 cm³/mol. The van der Waals surface area contributed by atoms with Crippen LogP contribution in [0.5, 0.6) is 5.75 Å². The highest BCUT2D eigenvalue weighted by Crippen LogP contribution is 2.40. The molecule has 6 nitrogen and oxygen atoms in total. The van der Waals surface area contributed by atoms with Crippen molar-refractivity contribution in [3.05, 3.63) is 47.6 Å². The molecule has 1 atom stereocenters. The van der Waals surface area contributed by atoms with E-state index in [9.17, 15) is 9.59 Å². The molecule has 2 amide bonds. The Hall–Kier alpha value is -2.76. The average Bonchev–Trinajstić information content (AvgIpc) is 2.54. The molecule has 0 aliphatic heterocycles. The fourth-order valence-electron chi connectivity index (χ4n) is 2.54. The van der Waals surface area contributed by atoms with Crippen molar-refractivity contribution in [2.75, 3.05) is 19.9 Å². The van der Waals surface area contributed by atoms with E-state index in [1.54, 1.807) is 43.5 Å². The van der Waals surface area contributed by atoms with E-state index in [1.165, 1.54) is 7.11 Å². The number of hydrogen-bond acceptors (Lipinski definition) is 4. The summed E-state index contributed by atoms with van der Waals surface area (Å²) in [6, 6.07) is 5.06. The van der Waals surface area contributed by atoms with Gasteiger partial charge in [-0.15, -0.1) is 0 Å². The van der Waals surface area contributed by atoms with E-state index in [-0.39, 0.29) is 12.3 Å². The summed E-state index contributed by atoms with van der Waals surface area (Å²) in [5.74, 6) is -0.219. The molecule has 0 saturated heterocycles. The maximum Gasteiger partial charge on any atom is 0.250 e. The van der Waals surface area contributed by atoms with Gasteiger partial charge >= 0.3 is 0 Å². The highest BCUT2D eigenvalue weighted by molar-refractivity contribution is 5.98. The molecule has 0 spiro atoms. The van der Waals surface area contributed by atoms with Crippen LogP contribution in [-0.2, 0) is 15.0 Å². The fraction of sp³-hybridized carbons (Fsp3) is 0.250. The summed E-state index contributed by atoms with van der Waals surface area (Å²) in [6.07, 6.45) is 5.18. The first-order valence-corrected chi connectivity index (χ1v) is 6.80. The van der Waals surface area contributed by atoms with Crippen LogP contribution in [0.25, 0.3) is 0 Å². The zero-order chi connectivity index (χ0) is 16.3. The van der Waals surface area contributed by atoms with E-state index in [2.05, 4.69) is 5.32 Å². The fourth-order valence-corrected chi connectivity index (χ4v) is 2.54. The lowest BCUT2D eigenvalue weighted by Gasteiger charge is -2.31. The molecule has 0 aromatic heterocycles. The third-order valence-corrected chi connectivity index (χ3v) is 3.82. The maximum atomic E-state index is 12.1. The molecule has 0 fully saturated rings. The van der Waals surface area contributed by atoms with Crippen LogP contribution in [0, 0.1) is 0 Å². The number of nitrogens with one attached hydrogen (secondary N) is 1. The van der Waals surface area contributed by atoms with Gasteiger partial charge in [-0.05, 0) is 24.6 Å². The second kappa shape index (κ2) is 5.93. The number of anilines is 1. The van der Waals surface area contributed by atoms with Crippen LogP contribution >= 0.6 is 0 Å². The second-order valence-electron chi connectivity index (χ2n) is 5.07. The number of amides is 2. The normalized spacial score (nSPS) is 20.2. The lowest BCUT2D eigenvalue weighted by atomic mass is 9.73.